The average molecular weight is 417 g/mol. The first-order valence-corrected chi connectivity index (χ1v) is 10.7. The Hall–Kier alpha value is -2.38. The summed E-state index contributed by atoms with van der Waals surface area (Å²) in [5.41, 5.74) is 1.42. The Balaban J connectivity index is 2.00. The number of methoxy groups -OCH3 is 1. The lowest BCUT2D eigenvalue weighted by atomic mass is 9.77. The van der Waals surface area contributed by atoms with E-state index in [0.29, 0.717) is 37.4 Å². The van der Waals surface area contributed by atoms with Crippen LogP contribution in [0.5, 0.6) is 5.75 Å². The Morgan fingerprint density at radius 1 is 1.27 bits per heavy atom. The third kappa shape index (κ3) is 4.37. The fourth-order valence-corrected chi connectivity index (χ4v) is 4.28. The molecule has 2 aliphatic rings. The van der Waals surface area contributed by atoms with Gasteiger partial charge in [0.25, 0.3) is 0 Å². The van der Waals surface area contributed by atoms with Crippen molar-refractivity contribution in [1.29, 1.82) is 0 Å². The first-order chi connectivity index (χ1) is 14.5. The Morgan fingerprint density at radius 2 is 2.03 bits per heavy atom. The number of nitrogens with one attached hydrogen (secondary N) is 1. The van der Waals surface area contributed by atoms with Gasteiger partial charge in [0.15, 0.2) is 0 Å². The van der Waals surface area contributed by atoms with Crippen LogP contribution in [0, 0.1) is 0 Å². The maximum Gasteiger partial charge on any atom is 0.247 e. The lowest BCUT2D eigenvalue weighted by Crippen LogP contribution is -2.56. The molecule has 1 heterocycles. The van der Waals surface area contributed by atoms with Crippen LogP contribution in [-0.4, -0.2) is 66.9 Å². The van der Waals surface area contributed by atoms with Crippen molar-refractivity contribution in [2.75, 3.05) is 26.8 Å². The van der Waals surface area contributed by atoms with Gasteiger partial charge in [0, 0.05) is 37.8 Å². The molecule has 1 aliphatic carbocycles. The third-order valence-corrected chi connectivity index (χ3v) is 5.78. The minimum atomic E-state index is -0.956. The van der Waals surface area contributed by atoms with E-state index < -0.39 is 18.2 Å². The van der Waals surface area contributed by atoms with Crippen molar-refractivity contribution >= 4 is 11.8 Å². The van der Waals surface area contributed by atoms with Crippen molar-refractivity contribution in [3.05, 3.63) is 41.5 Å². The number of aliphatic hydroxyl groups excluding tert-OH is 1. The van der Waals surface area contributed by atoms with Crippen LogP contribution in [0.1, 0.15) is 44.6 Å². The zero-order valence-electron chi connectivity index (χ0n) is 18.0. The summed E-state index contributed by atoms with van der Waals surface area (Å²) in [6.45, 7) is 5.07. The number of hydrogen-bond acceptors (Lipinski definition) is 5. The van der Waals surface area contributed by atoms with E-state index in [1.54, 1.807) is 18.1 Å². The van der Waals surface area contributed by atoms with Gasteiger partial charge in [-0.3, -0.25) is 9.59 Å². The smallest absolute Gasteiger partial charge is 0.247 e. The standard InChI is InChI=1S/C23H32N2O5/c1-4-6-11-19(26)25(12-13-29-3)17-14-16(23(28)24-5-2)20-15-9-7-8-10-18(15)30-22(20)21(17)27/h7-10,14,17,20-22,27H,4-6,11-13H2,1-3H3,(H,24,28)/t17-,20+,21+,22+/m1/s1. The Bertz CT molecular complexity index is 794. The van der Waals surface area contributed by atoms with Crippen LogP contribution in [0.3, 0.4) is 0 Å². The molecule has 1 aromatic carbocycles. The molecule has 2 amide bonds. The van der Waals surface area contributed by atoms with Crippen molar-refractivity contribution in [2.24, 2.45) is 0 Å². The number of carbonyl (C=O) groups excluding carboxylic acids is 2. The molecule has 3 rings (SSSR count). The first kappa shape index (κ1) is 22.3. The van der Waals surface area contributed by atoms with Crippen LogP contribution >= 0.6 is 0 Å². The second-order valence-corrected chi connectivity index (χ2v) is 7.74. The second kappa shape index (κ2) is 10.1. The number of ether oxygens (including phenoxy) is 2. The van der Waals surface area contributed by atoms with Gasteiger partial charge in [0.2, 0.25) is 11.8 Å². The number of aliphatic hydroxyl groups is 1. The molecule has 0 unspecified atom stereocenters. The topological polar surface area (TPSA) is 88.1 Å². The molecule has 0 saturated heterocycles. The van der Waals surface area contributed by atoms with Gasteiger partial charge in [-0.25, -0.2) is 0 Å². The molecular formula is C23H32N2O5. The predicted octanol–water partition coefficient (Wildman–Crippen LogP) is 2.00. The number of rotatable bonds is 9. The van der Waals surface area contributed by atoms with Crippen LogP contribution < -0.4 is 10.1 Å². The summed E-state index contributed by atoms with van der Waals surface area (Å²) in [7, 11) is 1.58. The molecule has 0 bridgehead atoms. The highest BCUT2D eigenvalue weighted by atomic mass is 16.5. The summed E-state index contributed by atoms with van der Waals surface area (Å²) in [6, 6.07) is 6.89. The first-order valence-electron chi connectivity index (χ1n) is 10.7. The molecule has 0 radical (unpaired) electrons. The number of amides is 2. The van der Waals surface area contributed by atoms with Gasteiger partial charge < -0.3 is 24.8 Å². The van der Waals surface area contributed by atoms with Crippen molar-refractivity contribution in [2.45, 2.75) is 57.3 Å². The molecule has 2 N–H and O–H groups in total. The number of unbranched alkanes of at least 4 members (excludes halogenated alkanes) is 1. The highest BCUT2D eigenvalue weighted by Gasteiger charge is 2.50. The number of hydrogen-bond donors (Lipinski definition) is 2. The SMILES string of the molecule is CCCCC(=O)N(CCOC)[C@@H]1C=C(C(=O)NCC)[C@@H]2c3ccccc3O[C@@H]2[C@H]1O. The van der Waals surface area contributed by atoms with Crippen LogP contribution in [0.2, 0.25) is 0 Å². The number of para-hydroxylation sites is 1. The van der Waals surface area contributed by atoms with Gasteiger partial charge in [0.05, 0.1) is 18.6 Å². The molecule has 4 atom stereocenters. The predicted molar refractivity (Wildman–Crippen MR) is 113 cm³/mol. The lowest BCUT2D eigenvalue weighted by molar-refractivity contribution is -0.138. The van der Waals surface area contributed by atoms with Crippen LogP contribution in [0.15, 0.2) is 35.9 Å². The van der Waals surface area contributed by atoms with Gasteiger partial charge in [-0.2, -0.15) is 0 Å². The summed E-state index contributed by atoms with van der Waals surface area (Å²) in [6.07, 6.45) is 2.23. The minimum Gasteiger partial charge on any atom is -0.486 e. The van der Waals surface area contributed by atoms with E-state index in [9.17, 15) is 14.7 Å². The fraction of sp³-hybridized carbons (Fsp3) is 0.565. The molecule has 1 aliphatic heterocycles. The normalized spacial score (nSPS) is 24.3. The number of fused-ring (bicyclic) bond motifs is 3. The van der Waals surface area contributed by atoms with Crippen molar-refractivity contribution in [3.63, 3.8) is 0 Å². The van der Waals surface area contributed by atoms with E-state index in [4.69, 9.17) is 9.47 Å². The Morgan fingerprint density at radius 3 is 2.73 bits per heavy atom. The highest BCUT2D eigenvalue weighted by Crippen LogP contribution is 2.47. The van der Waals surface area contributed by atoms with E-state index >= 15 is 0 Å². The Labute approximate surface area is 178 Å². The highest BCUT2D eigenvalue weighted by molar-refractivity contribution is 5.96. The van der Waals surface area contributed by atoms with E-state index in [2.05, 4.69) is 5.32 Å². The van der Waals surface area contributed by atoms with Crippen molar-refractivity contribution in [1.82, 2.24) is 10.2 Å². The number of likely N-dealkylation sites (N-methyl/N-ethyl adjacent to an activating group) is 1. The second-order valence-electron chi connectivity index (χ2n) is 7.74. The summed E-state index contributed by atoms with van der Waals surface area (Å²) in [5, 5.41) is 14.1. The summed E-state index contributed by atoms with van der Waals surface area (Å²) >= 11 is 0. The van der Waals surface area contributed by atoms with Crippen LogP contribution in [-0.2, 0) is 14.3 Å². The molecule has 0 spiro atoms. The van der Waals surface area contributed by atoms with Gasteiger partial charge in [-0.1, -0.05) is 31.5 Å². The molecular weight excluding hydrogens is 384 g/mol. The molecule has 7 nitrogen and oxygen atoms in total. The van der Waals surface area contributed by atoms with E-state index in [0.717, 1.165) is 18.4 Å². The quantitative estimate of drug-likeness (QED) is 0.643. The van der Waals surface area contributed by atoms with Crippen molar-refractivity contribution in [3.8, 4) is 5.75 Å². The lowest BCUT2D eigenvalue weighted by Gasteiger charge is -2.40. The van der Waals surface area contributed by atoms with Crippen LogP contribution in [0.4, 0.5) is 0 Å². The maximum absolute atomic E-state index is 13.0. The third-order valence-electron chi connectivity index (χ3n) is 5.78. The number of benzene rings is 1. The van der Waals surface area contributed by atoms with Crippen molar-refractivity contribution < 1.29 is 24.2 Å². The van der Waals surface area contributed by atoms with Gasteiger partial charge in [0.1, 0.15) is 18.0 Å². The Kier molecular flexibility index (Phi) is 7.50. The van der Waals surface area contributed by atoms with Crippen LogP contribution in [0.25, 0.3) is 0 Å². The fourth-order valence-electron chi connectivity index (χ4n) is 4.28. The molecule has 0 aromatic heterocycles. The average Bonchev–Trinajstić information content (AvgIpc) is 3.14. The molecule has 164 valence electrons. The summed E-state index contributed by atoms with van der Waals surface area (Å²) < 4.78 is 11.3. The number of nitrogens with zero attached hydrogens (tertiary/aromatic N) is 1. The maximum atomic E-state index is 13.0. The molecule has 0 saturated carbocycles. The van der Waals surface area contributed by atoms with Gasteiger partial charge in [-0.15, -0.1) is 0 Å². The zero-order chi connectivity index (χ0) is 21.7. The monoisotopic (exact) mass is 416 g/mol. The zero-order valence-corrected chi connectivity index (χ0v) is 18.0. The minimum absolute atomic E-state index is 0.0570. The molecule has 1 aromatic rings. The summed E-state index contributed by atoms with van der Waals surface area (Å²) in [5.74, 6) is 0.0491. The summed E-state index contributed by atoms with van der Waals surface area (Å²) in [4.78, 5) is 27.5. The molecule has 0 fully saturated rings. The van der Waals surface area contributed by atoms with E-state index in [-0.39, 0.29) is 17.7 Å². The van der Waals surface area contributed by atoms with E-state index in [1.165, 1.54) is 0 Å². The van der Waals surface area contributed by atoms with E-state index in [1.807, 2.05) is 38.1 Å². The van der Waals surface area contributed by atoms with Gasteiger partial charge >= 0.3 is 0 Å². The molecule has 30 heavy (non-hydrogen) atoms. The number of carbonyl (C=O) groups is 2. The molecule has 7 heteroatoms. The van der Waals surface area contributed by atoms with Gasteiger partial charge in [-0.05, 0) is 25.5 Å². The largest absolute Gasteiger partial charge is 0.486 e.